The maximum Gasteiger partial charge on any atom is 0.0540 e. The number of hydrogen-bond donors (Lipinski definition) is 0. The summed E-state index contributed by atoms with van der Waals surface area (Å²) in [6, 6.07) is 81.3. The lowest BCUT2D eigenvalue weighted by Gasteiger charge is -2.29. The van der Waals surface area contributed by atoms with Crippen molar-refractivity contribution in [2.45, 2.75) is 0 Å². The molecule has 56 heavy (non-hydrogen) atoms. The lowest BCUT2D eigenvalue weighted by molar-refractivity contribution is 1.28. The topological polar surface area (TPSA) is 3.24 Å². The van der Waals surface area contributed by atoms with Crippen LogP contribution in [0.5, 0.6) is 0 Å². The van der Waals surface area contributed by atoms with Crippen molar-refractivity contribution >= 4 is 48.6 Å². The molecule has 0 fully saturated rings. The lowest BCUT2D eigenvalue weighted by atomic mass is 9.88. The van der Waals surface area contributed by atoms with Crippen molar-refractivity contribution in [1.29, 1.82) is 0 Å². The Bertz CT molecular complexity index is 2940. The summed E-state index contributed by atoms with van der Waals surface area (Å²) in [6.45, 7) is 0. The summed E-state index contributed by atoms with van der Waals surface area (Å²) in [5.74, 6) is 0. The second kappa shape index (κ2) is 14.7. The minimum Gasteiger partial charge on any atom is -0.310 e. The van der Waals surface area contributed by atoms with Gasteiger partial charge in [-0.2, -0.15) is 0 Å². The Kier molecular flexibility index (Phi) is 8.79. The normalized spacial score (nSPS) is 11.2. The highest BCUT2D eigenvalue weighted by atomic mass is 32.1. The number of benzene rings is 9. The third-order valence-electron chi connectivity index (χ3n) is 10.7. The van der Waals surface area contributed by atoms with Crippen molar-refractivity contribution in [2.24, 2.45) is 0 Å². The SMILES string of the molecule is c1ccc(-c2ccc(N(c3ccc(-c4ccc5sc6ccccc6c5c4)cc3)c3ccccc3-c3ccccc3-c3ccccc3-c3ccccc3)cc2)cc1. The predicted octanol–water partition coefficient (Wildman–Crippen LogP) is 15.9. The highest BCUT2D eigenvalue weighted by Crippen LogP contribution is 2.46. The second-order valence-corrected chi connectivity index (χ2v) is 15.2. The zero-order valence-corrected chi connectivity index (χ0v) is 31.5. The van der Waals surface area contributed by atoms with E-state index in [1.165, 1.54) is 70.2 Å². The number of fused-ring (bicyclic) bond motifs is 3. The molecule has 0 bridgehead atoms. The second-order valence-electron chi connectivity index (χ2n) is 14.1. The summed E-state index contributed by atoms with van der Waals surface area (Å²) in [7, 11) is 0. The number of thiophene rings is 1. The third kappa shape index (κ3) is 6.26. The van der Waals surface area contributed by atoms with Gasteiger partial charge in [0.25, 0.3) is 0 Å². The van der Waals surface area contributed by atoms with Crippen LogP contribution in [0.3, 0.4) is 0 Å². The Morgan fingerprint density at radius 1 is 0.268 bits per heavy atom. The largest absolute Gasteiger partial charge is 0.310 e. The fourth-order valence-corrected chi connectivity index (χ4v) is 9.09. The van der Waals surface area contributed by atoms with E-state index in [4.69, 9.17) is 0 Å². The molecule has 9 aromatic carbocycles. The standard InChI is InChI=1S/C54H37NS/c1-3-15-38(16-4-1)39-27-32-43(33-28-39)55(44-34-29-40(30-35-44)42-31-36-54-51(37-42)50-24-12-14-26-53(50)56-54)52-25-13-11-23-49(52)48-22-10-9-21-47(48)46-20-8-7-19-45(46)41-17-5-2-6-18-41/h1-37H. The van der Waals surface area contributed by atoms with Gasteiger partial charge >= 0.3 is 0 Å². The zero-order valence-electron chi connectivity index (χ0n) is 30.7. The van der Waals surface area contributed by atoms with Gasteiger partial charge in [0.2, 0.25) is 0 Å². The lowest BCUT2D eigenvalue weighted by Crippen LogP contribution is -2.11. The molecule has 0 aliphatic heterocycles. The van der Waals surface area contributed by atoms with Crippen LogP contribution in [-0.4, -0.2) is 0 Å². The van der Waals surface area contributed by atoms with Gasteiger partial charge in [0.15, 0.2) is 0 Å². The molecular formula is C54H37NS. The summed E-state index contributed by atoms with van der Waals surface area (Å²) in [5, 5.41) is 2.63. The van der Waals surface area contributed by atoms with Gasteiger partial charge in [-0.15, -0.1) is 11.3 Å². The van der Waals surface area contributed by atoms with E-state index >= 15 is 0 Å². The minimum absolute atomic E-state index is 1.10. The Labute approximate surface area is 332 Å². The van der Waals surface area contributed by atoms with Crippen molar-refractivity contribution in [3.05, 3.63) is 224 Å². The quantitative estimate of drug-likeness (QED) is 0.150. The van der Waals surface area contributed by atoms with Crippen molar-refractivity contribution in [1.82, 2.24) is 0 Å². The molecule has 1 aromatic heterocycles. The summed E-state index contributed by atoms with van der Waals surface area (Å²) in [5.41, 5.74) is 15.3. The fourth-order valence-electron chi connectivity index (χ4n) is 8.01. The van der Waals surface area contributed by atoms with E-state index in [-0.39, 0.29) is 0 Å². The molecule has 0 saturated heterocycles. The Morgan fingerprint density at radius 2 is 0.696 bits per heavy atom. The maximum absolute atomic E-state index is 2.41. The number of hydrogen-bond acceptors (Lipinski definition) is 2. The van der Waals surface area contributed by atoms with Gasteiger partial charge in [-0.3, -0.25) is 0 Å². The number of anilines is 3. The van der Waals surface area contributed by atoms with Gasteiger partial charge in [0, 0.05) is 37.1 Å². The molecule has 0 aliphatic carbocycles. The molecule has 2 heteroatoms. The number of rotatable bonds is 8. The molecule has 1 nitrogen and oxygen atoms in total. The molecular weight excluding hydrogens is 695 g/mol. The van der Waals surface area contributed by atoms with E-state index < -0.39 is 0 Å². The average Bonchev–Trinajstić information content (AvgIpc) is 3.66. The van der Waals surface area contributed by atoms with Crippen molar-refractivity contribution < 1.29 is 0 Å². The van der Waals surface area contributed by atoms with Crippen LogP contribution in [0.2, 0.25) is 0 Å². The van der Waals surface area contributed by atoms with E-state index in [2.05, 4.69) is 229 Å². The first kappa shape index (κ1) is 33.6. The molecule has 0 spiro atoms. The summed E-state index contributed by atoms with van der Waals surface area (Å²) in [4.78, 5) is 2.41. The van der Waals surface area contributed by atoms with Crippen LogP contribution in [0, 0.1) is 0 Å². The van der Waals surface area contributed by atoms with Gasteiger partial charge in [-0.25, -0.2) is 0 Å². The highest BCUT2D eigenvalue weighted by Gasteiger charge is 2.20. The Hall–Kier alpha value is -7.00. The molecule has 0 atom stereocenters. The average molecular weight is 732 g/mol. The van der Waals surface area contributed by atoms with E-state index in [9.17, 15) is 0 Å². The van der Waals surface area contributed by atoms with Crippen LogP contribution in [0.4, 0.5) is 17.1 Å². The molecule has 1 heterocycles. The van der Waals surface area contributed by atoms with Crippen LogP contribution >= 0.6 is 11.3 Å². The number of para-hydroxylation sites is 1. The molecule has 0 aliphatic rings. The van der Waals surface area contributed by atoms with Gasteiger partial charge in [-0.05, 0) is 98.6 Å². The van der Waals surface area contributed by atoms with E-state index in [1.54, 1.807) is 0 Å². The van der Waals surface area contributed by atoms with Crippen LogP contribution < -0.4 is 4.90 Å². The summed E-state index contributed by atoms with van der Waals surface area (Å²) >= 11 is 1.86. The molecule has 264 valence electrons. The van der Waals surface area contributed by atoms with Crippen LogP contribution in [0.15, 0.2) is 224 Å². The first-order chi connectivity index (χ1) is 27.8. The van der Waals surface area contributed by atoms with Gasteiger partial charge in [-0.1, -0.05) is 176 Å². The maximum atomic E-state index is 2.41. The Balaban J connectivity index is 1.11. The minimum atomic E-state index is 1.10. The van der Waals surface area contributed by atoms with E-state index in [0.717, 1.165) is 22.6 Å². The predicted molar refractivity (Wildman–Crippen MR) is 241 cm³/mol. The molecule has 0 N–H and O–H groups in total. The molecule has 10 aromatic rings. The van der Waals surface area contributed by atoms with Crippen LogP contribution in [0.25, 0.3) is 75.8 Å². The van der Waals surface area contributed by atoms with Crippen LogP contribution in [-0.2, 0) is 0 Å². The highest BCUT2D eigenvalue weighted by molar-refractivity contribution is 7.25. The van der Waals surface area contributed by atoms with Crippen molar-refractivity contribution in [3.8, 4) is 55.6 Å². The van der Waals surface area contributed by atoms with E-state index in [0.29, 0.717) is 0 Å². The first-order valence-electron chi connectivity index (χ1n) is 19.1. The smallest absolute Gasteiger partial charge is 0.0540 e. The van der Waals surface area contributed by atoms with Crippen molar-refractivity contribution in [2.75, 3.05) is 4.90 Å². The van der Waals surface area contributed by atoms with Gasteiger partial charge in [0.05, 0.1) is 5.69 Å². The molecule has 0 saturated carbocycles. The molecule has 0 unspecified atom stereocenters. The third-order valence-corrected chi connectivity index (χ3v) is 11.9. The van der Waals surface area contributed by atoms with Crippen molar-refractivity contribution in [3.63, 3.8) is 0 Å². The molecule has 10 rings (SSSR count). The fraction of sp³-hybridized carbons (Fsp3) is 0. The Morgan fingerprint density at radius 3 is 1.36 bits per heavy atom. The summed E-state index contributed by atoms with van der Waals surface area (Å²) < 4.78 is 2.65. The summed E-state index contributed by atoms with van der Waals surface area (Å²) in [6.07, 6.45) is 0. The van der Waals surface area contributed by atoms with Gasteiger partial charge < -0.3 is 4.90 Å². The first-order valence-corrected chi connectivity index (χ1v) is 19.9. The molecule has 0 amide bonds. The van der Waals surface area contributed by atoms with Gasteiger partial charge in [0.1, 0.15) is 0 Å². The van der Waals surface area contributed by atoms with Crippen LogP contribution in [0.1, 0.15) is 0 Å². The molecule has 0 radical (unpaired) electrons. The van der Waals surface area contributed by atoms with E-state index in [1.807, 2.05) is 11.3 Å². The zero-order chi connectivity index (χ0) is 37.3. The number of nitrogens with zero attached hydrogens (tertiary/aromatic N) is 1. The monoisotopic (exact) mass is 731 g/mol.